The normalized spacial score (nSPS) is 16.4. The van der Waals surface area contributed by atoms with Gasteiger partial charge in [-0.15, -0.1) is 0 Å². The number of rotatable bonds is 2. The van der Waals surface area contributed by atoms with E-state index in [1.165, 1.54) is 11.1 Å². The number of carbonyl (C=O) groups is 1. The molecule has 124 valence electrons. The van der Waals surface area contributed by atoms with Crippen molar-refractivity contribution in [3.05, 3.63) is 106 Å². The van der Waals surface area contributed by atoms with Crippen molar-refractivity contribution >= 4 is 21.8 Å². The predicted octanol–water partition coefficient (Wildman–Crippen LogP) is 5.24. The van der Waals surface area contributed by atoms with E-state index in [1.54, 1.807) is 0 Å². The summed E-state index contributed by atoms with van der Waals surface area (Å²) >= 11 is 3.47. The first-order valence-electron chi connectivity index (χ1n) is 8.43. The van der Waals surface area contributed by atoms with E-state index < -0.39 is 0 Å². The summed E-state index contributed by atoms with van der Waals surface area (Å²) < 4.78 is 0.923. The molecule has 0 fully saturated rings. The van der Waals surface area contributed by atoms with E-state index in [0.29, 0.717) is 0 Å². The highest BCUT2D eigenvalue weighted by molar-refractivity contribution is 9.10. The molecule has 1 heterocycles. The third-order valence-corrected chi connectivity index (χ3v) is 5.22. The molecule has 1 atom stereocenters. The topological polar surface area (TPSA) is 20.3 Å². The van der Waals surface area contributed by atoms with Gasteiger partial charge in [0.1, 0.15) is 0 Å². The van der Waals surface area contributed by atoms with Crippen LogP contribution >= 0.6 is 15.9 Å². The van der Waals surface area contributed by atoms with E-state index in [0.717, 1.165) is 28.6 Å². The lowest BCUT2D eigenvalue weighted by molar-refractivity contribution is 0.0694. The number of amides is 1. The van der Waals surface area contributed by atoms with Gasteiger partial charge in [0, 0.05) is 16.6 Å². The van der Waals surface area contributed by atoms with E-state index in [1.807, 2.05) is 47.4 Å². The van der Waals surface area contributed by atoms with Crippen LogP contribution in [0.1, 0.15) is 33.1 Å². The fourth-order valence-electron chi connectivity index (χ4n) is 3.57. The van der Waals surface area contributed by atoms with Crippen LogP contribution in [-0.4, -0.2) is 17.4 Å². The van der Waals surface area contributed by atoms with Crippen molar-refractivity contribution in [3.63, 3.8) is 0 Å². The zero-order valence-corrected chi connectivity index (χ0v) is 15.3. The van der Waals surface area contributed by atoms with Crippen molar-refractivity contribution in [1.29, 1.82) is 0 Å². The van der Waals surface area contributed by atoms with Crippen molar-refractivity contribution in [3.8, 4) is 0 Å². The number of halogens is 1. The van der Waals surface area contributed by atoms with Gasteiger partial charge in [0.05, 0.1) is 6.04 Å². The highest BCUT2D eigenvalue weighted by Crippen LogP contribution is 2.36. The summed E-state index contributed by atoms with van der Waals surface area (Å²) in [6.07, 6.45) is 0.888. The van der Waals surface area contributed by atoms with Crippen molar-refractivity contribution in [1.82, 2.24) is 4.90 Å². The summed E-state index contributed by atoms with van der Waals surface area (Å²) in [6, 6.07) is 26.3. The fourth-order valence-corrected chi connectivity index (χ4v) is 3.97. The fraction of sp³-hybridized carbons (Fsp3) is 0.136. The Hall–Kier alpha value is -2.39. The Morgan fingerprint density at radius 1 is 0.920 bits per heavy atom. The lowest BCUT2D eigenvalue weighted by atomic mass is 9.88. The van der Waals surface area contributed by atoms with Crippen LogP contribution in [0.4, 0.5) is 0 Å². The molecule has 1 aliphatic rings. The number of hydrogen-bond donors (Lipinski definition) is 0. The monoisotopic (exact) mass is 391 g/mol. The highest BCUT2D eigenvalue weighted by atomic mass is 79.9. The van der Waals surface area contributed by atoms with Crippen LogP contribution in [-0.2, 0) is 6.42 Å². The summed E-state index contributed by atoms with van der Waals surface area (Å²) in [5.74, 6) is 0.0738. The maximum atomic E-state index is 13.3. The molecule has 2 nitrogen and oxygen atoms in total. The average molecular weight is 392 g/mol. The number of fused-ring (bicyclic) bond motifs is 1. The molecule has 3 heteroatoms. The summed E-state index contributed by atoms with van der Waals surface area (Å²) in [5.41, 5.74) is 4.42. The summed E-state index contributed by atoms with van der Waals surface area (Å²) in [7, 11) is 0. The minimum Gasteiger partial charge on any atom is -0.327 e. The summed E-state index contributed by atoms with van der Waals surface area (Å²) in [4.78, 5) is 15.3. The highest BCUT2D eigenvalue weighted by Gasteiger charge is 2.32. The molecule has 0 spiro atoms. The van der Waals surface area contributed by atoms with Gasteiger partial charge in [-0.3, -0.25) is 4.79 Å². The molecule has 0 saturated carbocycles. The second kappa shape index (κ2) is 6.85. The maximum absolute atomic E-state index is 13.3. The molecule has 0 aliphatic carbocycles. The van der Waals surface area contributed by atoms with Crippen LogP contribution in [0.15, 0.2) is 83.3 Å². The second-order valence-corrected chi connectivity index (χ2v) is 7.19. The first-order chi connectivity index (χ1) is 12.2. The number of hydrogen-bond acceptors (Lipinski definition) is 1. The average Bonchev–Trinajstić information content (AvgIpc) is 2.67. The van der Waals surface area contributed by atoms with Gasteiger partial charge in [0.25, 0.3) is 5.91 Å². The van der Waals surface area contributed by atoms with Crippen LogP contribution in [0, 0.1) is 0 Å². The Labute approximate surface area is 156 Å². The van der Waals surface area contributed by atoms with E-state index >= 15 is 0 Å². The zero-order valence-electron chi connectivity index (χ0n) is 13.7. The van der Waals surface area contributed by atoms with E-state index in [4.69, 9.17) is 0 Å². The van der Waals surface area contributed by atoms with Gasteiger partial charge in [-0.1, -0.05) is 76.6 Å². The molecular formula is C22H18BrNO. The minimum absolute atomic E-state index is 0.0439. The Morgan fingerprint density at radius 3 is 2.48 bits per heavy atom. The van der Waals surface area contributed by atoms with E-state index in [-0.39, 0.29) is 11.9 Å². The van der Waals surface area contributed by atoms with Gasteiger partial charge in [-0.2, -0.15) is 0 Å². The molecule has 0 saturated heterocycles. The largest absolute Gasteiger partial charge is 0.327 e. The Kier molecular flexibility index (Phi) is 4.41. The third kappa shape index (κ3) is 3.12. The van der Waals surface area contributed by atoms with Gasteiger partial charge in [0.15, 0.2) is 0 Å². The SMILES string of the molecule is O=C(c1cccc(Br)c1)N1CCc2ccccc2C1c1ccccc1. The maximum Gasteiger partial charge on any atom is 0.254 e. The molecule has 3 aromatic carbocycles. The number of nitrogens with zero attached hydrogens (tertiary/aromatic N) is 1. The Bertz CT molecular complexity index is 907. The van der Waals surface area contributed by atoms with Crippen molar-refractivity contribution < 1.29 is 4.79 Å². The van der Waals surface area contributed by atoms with Gasteiger partial charge in [-0.25, -0.2) is 0 Å². The lowest BCUT2D eigenvalue weighted by Crippen LogP contribution is -2.40. The van der Waals surface area contributed by atoms with Crippen LogP contribution in [0.3, 0.4) is 0 Å². The molecule has 0 aromatic heterocycles. The van der Waals surface area contributed by atoms with E-state index in [9.17, 15) is 4.79 Å². The third-order valence-electron chi connectivity index (χ3n) is 4.73. The van der Waals surface area contributed by atoms with Gasteiger partial charge < -0.3 is 4.90 Å². The first kappa shape index (κ1) is 16.1. The van der Waals surface area contributed by atoms with Crippen LogP contribution in [0.2, 0.25) is 0 Å². The molecule has 0 radical (unpaired) electrons. The number of benzene rings is 3. The molecule has 1 unspecified atom stereocenters. The van der Waals surface area contributed by atoms with Gasteiger partial charge in [-0.05, 0) is 41.3 Å². The van der Waals surface area contributed by atoms with Crippen LogP contribution in [0.5, 0.6) is 0 Å². The molecule has 1 aliphatic heterocycles. The Morgan fingerprint density at radius 2 is 1.68 bits per heavy atom. The molecule has 4 rings (SSSR count). The van der Waals surface area contributed by atoms with Gasteiger partial charge in [0.2, 0.25) is 0 Å². The van der Waals surface area contributed by atoms with Crippen LogP contribution in [0.25, 0.3) is 0 Å². The second-order valence-electron chi connectivity index (χ2n) is 6.27. The molecule has 0 N–H and O–H groups in total. The molecule has 1 amide bonds. The standard InChI is InChI=1S/C22H18BrNO/c23-19-11-6-10-18(15-19)22(25)24-14-13-16-7-4-5-12-20(16)21(24)17-8-2-1-3-9-17/h1-12,15,21H,13-14H2. The smallest absolute Gasteiger partial charge is 0.254 e. The summed E-state index contributed by atoms with van der Waals surface area (Å²) in [6.45, 7) is 0.724. The summed E-state index contributed by atoms with van der Waals surface area (Å²) in [5, 5.41) is 0. The van der Waals surface area contributed by atoms with Crippen LogP contribution < -0.4 is 0 Å². The minimum atomic E-state index is -0.0439. The predicted molar refractivity (Wildman–Crippen MR) is 104 cm³/mol. The Balaban J connectivity index is 1.80. The molecule has 3 aromatic rings. The van der Waals surface area contributed by atoms with Crippen molar-refractivity contribution in [2.24, 2.45) is 0 Å². The quantitative estimate of drug-likeness (QED) is 0.584. The number of carbonyl (C=O) groups excluding carboxylic acids is 1. The van der Waals surface area contributed by atoms with Crippen molar-refractivity contribution in [2.45, 2.75) is 12.5 Å². The molecular weight excluding hydrogens is 374 g/mol. The van der Waals surface area contributed by atoms with Gasteiger partial charge >= 0.3 is 0 Å². The molecule has 25 heavy (non-hydrogen) atoms. The van der Waals surface area contributed by atoms with E-state index in [2.05, 4.69) is 52.3 Å². The lowest BCUT2D eigenvalue weighted by Gasteiger charge is -2.38. The molecule has 0 bridgehead atoms. The first-order valence-corrected chi connectivity index (χ1v) is 9.22. The zero-order chi connectivity index (χ0) is 17.2. The van der Waals surface area contributed by atoms with Crippen molar-refractivity contribution in [2.75, 3.05) is 6.54 Å².